The minimum absolute atomic E-state index is 0.179. The fourth-order valence-electron chi connectivity index (χ4n) is 3.03. The third-order valence-corrected chi connectivity index (χ3v) is 4.38. The molecule has 1 amide bonds. The van der Waals surface area contributed by atoms with Crippen molar-refractivity contribution in [3.05, 3.63) is 42.2 Å². The maximum Gasteiger partial charge on any atom is 0.245 e. The zero-order valence-electron chi connectivity index (χ0n) is 12.9. The molecular formula is C16H21N5O2. The fourth-order valence-corrected chi connectivity index (χ4v) is 3.03. The molecule has 3 rings (SSSR count). The number of carbonyl (C=O) groups is 1. The van der Waals surface area contributed by atoms with Crippen LogP contribution < -0.4 is 5.32 Å². The van der Waals surface area contributed by atoms with E-state index in [1.165, 1.54) is 11.0 Å². The molecule has 2 aromatic rings. The molecule has 1 heterocycles. The molecule has 122 valence electrons. The lowest BCUT2D eigenvalue weighted by Gasteiger charge is -2.24. The van der Waals surface area contributed by atoms with E-state index in [-0.39, 0.29) is 12.5 Å². The average Bonchev–Trinajstić information content (AvgIpc) is 3.24. The normalized spacial score (nSPS) is 17.8. The van der Waals surface area contributed by atoms with Gasteiger partial charge >= 0.3 is 0 Å². The van der Waals surface area contributed by atoms with Crippen molar-refractivity contribution in [3.8, 4) is 0 Å². The number of carbonyl (C=O) groups excluding carboxylic acids is 1. The molecule has 2 N–H and O–H groups in total. The lowest BCUT2D eigenvalue weighted by atomic mass is 10.0. The smallest absolute Gasteiger partial charge is 0.245 e. The molecule has 0 spiro atoms. The molecule has 1 aliphatic rings. The largest absolute Gasteiger partial charge is 0.388 e. The number of hydrogen-bond acceptors (Lipinski definition) is 5. The summed E-state index contributed by atoms with van der Waals surface area (Å²) < 4.78 is 1.46. The van der Waals surface area contributed by atoms with Crippen molar-refractivity contribution in [3.63, 3.8) is 0 Å². The van der Waals surface area contributed by atoms with Crippen LogP contribution in [0.2, 0.25) is 0 Å². The maximum atomic E-state index is 12.6. The molecule has 1 saturated carbocycles. The van der Waals surface area contributed by atoms with Crippen LogP contribution in [-0.4, -0.2) is 43.4 Å². The number of nitrogens with one attached hydrogen (secondary N) is 1. The Labute approximate surface area is 134 Å². The molecule has 0 bridgehead atoms. The molecular weight excluding hydrogens is 294 g/mol. The molecule has 7 heteroatoms. The summed E-state index contributed by atoms with van der Waals surface area (Å²) in [5, 5.41) is 24.4. The quantitative estimate of drug-likeness (QED) is 0.825. The first-order valence-corrected chi connectivity index (χ1v) is 7.93. The van der Waals surface area contributed by atoms with Gasteiger partial charge < -0.3 is 10.4 Å². The van der Waals surface area contributed by atoms with Crippen LogP contribution in [0.15, 0.2) is 36.7 Å². The Balaban J connectivity index is 1.69. The van der Waals surface area contributed by atoms with Crippen LogP contribution in [0.5, 0.6) is 0 Å². The van der Waals surface area contributed by atoms with Crippen LogP contribution in [0.1, 0.15) is 37.3 Å². The molecule has 1 aromatic heterocycles. The lowest BCUT2D eigenvalue weighted by molar-refractivity contribution is -0.125. The van der Waals surface area contributed by atoms with Crippen molar-refractivity contribution in [1.29, 1.82) is 0 Å². The number of rotatable bonds is 6. The minimum atomic E-state index is -0.770. The molecule has 7 nitrogen and oxygen atoms in total. The summed E-state index contributed by atoms with van der Waals surface area (Å²) in [5.74, 6) is -0.179. The van der Waals surface area contributed by atoms with E-state index in [2.05, 4.69) is 20.8 Å². The summed E-state index contributed by atoms with van der Waals surface area (Å²) in [7, 11) is 0. The topological polar surface area (TPSA) is 92.9 Å². The Morgan fingerprint density at radius 2 is 2.04 bits per heavy atom. The van der Waals surface area contributed by atoms with Gasteiger partial charge in [-0.25, -0.2) is 4.68 Å². The summed E-state index contributed by atoms with van der Waals surface area (Å²) >= 11 is 0. The molecule has 0 aliphatic heterocycles. The van der Waals surface area contributed by atoms with Crippen LogP contribution in [0, 0.1) is 0 Å². The highest BCUT2D eigenvalue weighted by molar-refractivity contribution is 5.80. The van der Waals surface area contributed by atoms with Gasteiger partial charge in [0, 0.05) is 13.0 Å². The van der Waals surface area contributed by atoms with E-state index < -0.39 is 11.6 Å². The molecule has 1 unspecified atom stereocenters. The van der Waals surface area contributed by atoms with Crippen molar-refractivity contribution in [2.24, 2.45) is 0 Å². The number of amides is 1. The van der Waals surface area contributed by atoms with Crippen molar-refractivity contribution in [2.75, 3.05) is 6.54 Å². The minimum Gasteiger partial charge on any atom is -0.388 e. The van der Waals surface area contributed by atoms with Crippen LogP contribution in [-0.2, 0) is 11.2 Å². The number of aromatic nitrogens is 4. The Kier molecular flexibility index (Phi) is 4.66. The van der Waals surface area contributed by atoms with Gasteiger partial charge in [-0.1, -0.05) is 43.2 Å². The van der Waals surface area contributed by atoms with Gasteiger partial charge in [0.05, 0.1) is 5.60 Å². The highest BCUT2D eigenvalue weighted by Gasteiger charge is 2.32. The van der Waals surface area contributed by atoms with Crippen LogP contribution in [0.4, 0.5) is 0 Å². The number of nitrogens with zero attached hydrogens (tertiary/aromatic N) is 4. The zero-order chi connectivity index (χ0) is 16.1. The predicted molar refractivity (Wildman–Crippen MR) is 83.4 cm³/mol. The van der Waals surface area contributed by atoms with E-state index in [9.17, 15) is 9.90 Å². The van der Waals surface area contributed by atoms with Crippen LogP contribution in [0.3, 0.4) is 0 Å². The third kappa shape index (κ3) is 3.92. The SMILES string of the molecule is O=C(NCC1(O)CCCC1)C(Cc1ccccc1)n1cnnn1. The van der Waals surface area contributed by atoms with Gasteiger partial charge in [0.15, 0.2) is 0 Å². The van der Waals surface area contributed by atoms with E-state index in [1.807, 2.05) is 30.3 Å². The van der Waals surface area contributed by atoms with Crippen molar-refractivity contribution in [1.82, 2.24) is 25.5 Å². The Morgan fingerprint density at radius 3 is 2.70 bits per heavy atom. The number of aliphatic hydroxyl groups is 1. The van der Waals surface area contributed by atoms with Gasteiger partial charge in [0.2, 0.25) is 5.91 Å². The molecule has 1 aliphatic carbocycles. The molecule has 1 fully saturated rings. The molecule has 23 heavy (non-hydrogen) atoms. The van der Waals surface area contributed by atoms with E-state index in [0.717, 1.165) is 31.2 Å². The van der Waals surface area contributed by atoms with Gasteiger partial charge in [0.1, 0.15) is 12.4 Å². The summed E-state index contributed by atoms with van der Waals surface area (Å²) in [5.41, 5.74) is 0.260. The molecule has 1 aromatic carbocycles. The standard InChI is InChI=1S/C16H21N5O2/c22-15(17-11-16(23)8-4-5-9-16)14(21-12-18-19-20-21)10-13-6-2-1-3-7-13/h1-3,6-7,12,14,23H,4-5,8-11H2,(H,17,22). The second-order valence-corrected chi connectivity index (χ2v) is 6.14. The van der Waals surface area contributed by atoms with Crippen molar-refractivity contribution in [2.45, 2.75) is 43.7 Å². The first kappa shape index (κ1) is 15.6. The summed E-state index contributed by atoms with van der Waals surface area (Å²) in [6.07, 6.45) is 5.43. The van der Waals surface area contributed by atoms with Gasteiger partial charge in [0.25, 0.3) is 0 Å². The van der Waals surface area contributed by atoms with E-state index in [1.54, 1.807) is 0 Å². The molecule has 0 saturated heterocycles. The molecule has 0 radical (unpaired) electrons. The Hall–Kier alpha value is -2.28. The Bertz CT molecular complexity index is 623. The predicted octanol–water partition coefficient (Wildman–Crippen LogP) is 0.878. The second kappa shape index (κ2) is 6.87. The van der Waals surface area contributed by atoms with E-state index in [0.29, 0.717) is 6.42 Å². The monoisotopic (exact) mass is 315 g/mol. The Morgan fingerprint density at radius 1 is 1.30 bits per heavy atom. The summed E-state index contributed by atoms with van der Waals surface area (Å²) in [6.45, 7) is 0.277. The highest BCUT2D eigenvalue weighted by atomic mass is 16.3. The number of benzene rings is 1. The van der Waals surface area contributed by atoms with Crippen LogP contribution >= 0.6 is 0 Å². The molecule has 1 atom stereocenters. The number of hydrogen-bond donors (Lipinski definition) is 2. The van der Waals surface area contributed by atoms with Crippen molar-refractivity contribution < 1.29 is 9.90 Å². The van der Waals surface area contributed by atoms with Gasteiger partial charge in [-0.2, -0.15) is 0 Å². The van der Waals surface area contributed by atoms with E-state index >= 15 is 0 Å². The first-order valence-electron chi connectivity index (χ1n) is 7.93. The maximum absolute atomic E-state index is 12.6. The second-order valence-electron chi connectivity index (χ2n) is 6.14. The van der Waals surface area contributed by atoms with Crippen molar-refractivity contribution >= 4 is 5.91 Å². The fraction of sp³-hybridized carbons (Fsp3) is 0.500. The number of tetrazole rings is 1. The van der Waals surface area contributed by atoms with Gasteiger partial charge in [-0.05, 0) is 28.8 Å². The van der Waals surface area contributed by atoms with E-state index in [4.69, 9.17) is 0 Å². The zero-order valence-corrected chi connectivity index (χ0v) is 12.9. The first-order chi connectivity index (χ1) is 11.2. The third-order valence-electron chi connectivity index (χ3n) is 4.38. The van der Waals surface area contributed by atoms with Crippen LogP contribution in [0.25, 0.3) is 0 Å². The lowest BCUT2D eigenvalue weighted by Crippen LogP contribution is -2.44. The van der Waals surface area contributed by atoms with Gasteiger partial charge in [-0.3, -0.25) is 4.79 Å². The highest BCUT2D eigenvalue weighted by Crippen LogP contribution is 2.28. The van der Waals surface area contributed by atoms with Gasteiger partial charge in [-0.15, -0.1) is 5.10 Å². The summed E-state index contributed by atoms with van der Waals surface area (Å²) in [6, 6.07) is 9.21. The average molecular weight is 315 g/mol. The summed E-state index contributed by atoms with van der Waals surface area (Å²) in [4.78, 5) is 12.6.